The molecule has 3 aromatic rings. The molecule has 0 aliphatic carbocycles. The summed E-state index contributed by atoms with van der Waals surface area (Å²) in [6.45, 7) is 0.249. The van der Waals surface area contributed by atoms with Crippen LogP contribution in [-0.4, -0.2) is 20.1 Å². The van der Waals surface area contributed by atoms with Gasteiger partial charge < -0.3 is 19.5 Å². The molecular weight excluding hydrogens is 503 g/mol. The van der Waals surface area contributed by atoms with Gasteiger partial charge in [-0.2, -0.15) is 5.26 Å². The van der Waals surface area contributed by atoms with E-state index in [4.69, 9.17) is 14.2 Å². The molecule has 3 rings (SSSR count). The molecule has 0 fully saturated rings. The highest BCUT2D eigenvalue weighted by Crippen LogP contribution is 2.28. The van der Waals surface area contributed by atoms with E-state index in [1.54, 1.807) is 61.7 Å². The highest BCUT2D eigenvalue weighted by molar-refractivity contribution is 9.10. The SMILES string of the molecule is COc1ccc(CNC(=O)/C(C#N)=C/c2ccc(OCc3ccccc3F)c(Br)c2)c(OC)c1. The van der Waals surface area contributed by atoms with Gasteiger partial charge in [0.25, 0.3) is 5.91 Å². The van der Waals surface area contributed by atoms with Gasteiger partial charge in [0.15, 0.2) is 0 Å². The molecule has 34 heavy (non-hydrogen) atoms. The molecule has 0 aliphatic rings. The number of ether oxygens (including phenoxy) is 3. The maximum atomic E-state index is 13.8. The number of halogens is 2. The van der Waals surface area contributed by atoms with Crippen molar-refractivity contribution in [3.05, 3.63) is 93.2 Å². The fourth-order valence-electron chi connectivity index (χ4n) is 3.08. The molecule has 1 amide bonds. The average molecular weight is 525 g/mol. The molecule has 0 radical (unpaired) electrons. The molecule has 0 bridgehead atoms. The Labute approximate surface area is 205 Å². The van der Waals surface area contributed by atoms with Gasteiger partial charge in [0.1, 0.15) is 41.3 Å². The molecule has 174 valence electrons. The molecule has 0 aromatic heterocycles. The van der Waals surface area contributed by atoms with Crippen LogP contribution in [0.25, 0.3) is 6.08 Å². The number of benzene rings is 3. The van der Waals surface area contributed by atoms with Gasteiger partial charge in [-0.15, -0.1) is 0 Å². The second-order valence-electron chi connectivity index (χ2n) is 7.10. The molecule has 8 heteroatoms. The predicted molar refractivity (Wildman–Crippen MR) is 130 cm³/mol. The average Bonchev–Trinajstić information content (AvgIpc) is 2.86. The zero-order chi connectivity index (χ0) is 24.5. The van der Waals surface area contributed by atoms with Gasteiger partial charge >= 0.3 is 0 Å². The lowest BCUT2D eigenvalue weighted by Crippen LogP contribution is -2.24. The van der Waals surface area contributed by atoms with Crippen LogP contribution in [0.1, 0.15) is 16.7 Å². The van der Waals surface area contributed by atoms with Crippen LogP contribution in [0.15, 0.2) is 70.7 Å². The lowest BCUT2D eigenvalue weighted by molar-refractivity contribution is -0.117. The minimum absolute atomic E-state index is 0.0561. The Morgan fingerprint density at radius 2 is 1.85 bits per heavy atom. The van der Waals surface area contributed by atoms with Gasteiger partial charge in [0.05, 0.1) is 18.7 Å². The first-order valence-corrected chi connectivity index (χ1v) is 11.0. The normalized spacial score (nSPS) is 10.9. The molecule has 0 saturated carbocycles. The van der Waals surface area contributed by atoms with Crippen LogP contribution >= 0.6 is 15.9 Å². The van der Waals surface area contributed by atoms with Crippen molar-refractivity contribution < 1.29 is 23.4 Å². The van der Waals surface area contributed by atoms with Gasteiger partial charge in [0, 0.05) is 23.7 Å². The number of hydrogen-bond acceptors (Lipinski definition) is 5. The maximum Gasteiger partial charge on any atom is 0.262 e. The minimum Gasteiger partial charge on any atom is -0.497 e. The van der Waals surface area contributed by atoms with Gasteiger partial charge in [-0.25, -0.2) is 4.39 Å². The van der Waals surface area contributed by atoms with E-state index in [-0.39, 0.29) is 24.5 Å². The van der Waals surface area contributed by atoms with Crippen molar-refractivity contribution in [1.29, 1.82) is 5.26 Å². The van der Waals surface area contributed by atoms with Crippen LogP contribution in [0, 0.1) is 17.1 Å². The van der Waals surface area contributed by atoms with Gasteiger partial charge in [-0.05, 0) is 57.9 Å². The zero-order valence-electron chi connectivity index (χ0n) is 18.6. The standard InChI is InChI=1S/C26H22BrFN2O4/c1-32-21-9-8-18(25(13-21)33-2)15-30-26(31)20(14-29)11-17-7-10-24(22(27)12-17)34-16-19-5-3-4-6-23(19)28/h3-13H,15-16H2,1-2H3,(H,30,31)/b20-11+. The third-order valence-corrected chi connectivity index (χ3v) is 5.53. The van der Waals surface area contributed by atoms with Crippen LogP contribution in [0.4, 0.5) is 4.39 Å². The number of rotatable bonds is 9. The van der Waals surface area contributed by atoms with Crippen LogP contribution in [0.5, 0.6) is 17.2 Å². The number of carbonyl (C=O) groups excluding carboxylic acids is 1. The Balaban J connectivity index is 1.67. The summed E-state index contributed by atoms with van der Waals surface area (Å²) in [6.07, 6.45) is 1.48. The molecule has 0 spiro atoms. The monoisotopic (exact) mass is 524 g/mol. The van der Waals surface area contributed by atoms with Crippen molar-refractivity contribution in [2.75, 3.05) is 14.2 Å². The number of nitrogens with zero attached hydrogens (tertiary/aromatic N) is 1. The van der Waals surface area contributed by atoms with Crippen molar-refractivity contribution >= 4 is 27.9 Å². The fourth-order valence-corrected chi connectivity index (χ4v) is 3.59. The zero-order valence-corrected chi connectivity index (χ0v) is 20.2. The second kappa shape index (κ2) is 11.9. The summed E-state index contributed by atoms with van der Waals surface area (Å²) in [5, 5.41) is 12.2. The summed E-state index contributed by atoms with van der Waals surface area (Å²) in [5.74, 6) is 0.856. The first-order chi connectivity index (χ1) is 16.4. The lowest BCUT2D eigenvalue weighted by Gasteiger charge is -2.11. The Bertz CT molecular complexity index is 1250. The Morgan fingerprint density at radius 1 is 1.06 bits per heavy atom. The topological polar surface area (TPSA) is 80.6 Å². The molecule has 0 aliphatic heterocycles. The maximum absolute atomic E-state index is 13.8. The van der Waals surface area contributed by atoms with Gasteiger partial charge in [0.2, 0.25) is 0 Å². The number of hydrogen-bond donors (Lipinski definition) is 1. The lowest BCUT2D eigenvalue weighted by atomic mass is 10.1. The summed E-state index contributed by atoms with van der Waals surface area (Å²) in [7, 11) is 3.09. The first-order valence-electron chi connectivity index (χ1n) is 10.2. The van der Waals surface area contributed by atoms with E-state index >= 15 is 0 Å². The Morgan fingerprint density at radius 3 is 2.53 bits per heavy atom. The highest BCUT2D eigenvalue weighted by Gasteiger charge is 2.12. The number of nitrogens with one attached hydrogen (secondary N) is 1. The fraction of sp³-hybridized carbons (Fsp3) is 0.154. The van der Waals surface area contributed by atoms with E-state index < -0.39 is 5.91 Å². The van der Waals surface area contributed by atoms with Crippen molar-refractivity contribution in [3.8, 4) is 23.3 Å². The summed E-state index contributed by atoms with van der Waals surface area (Å²) in [6, 6.07) is 18.7. The van der Waals surface area contributed by atoms with Crippen molar-refractivity contribution in [3.63, 3.8) is 0 Å². The summed E-state index contributed by atoms with van der Waals surface area (Å²) < 4.78 is 30.6. The third-order valence-electron chi connectivity index (χ3n) is 4.91. The molecule has 6 nitrogen and oxygen atoms in total. The number of nitriles is 1. The third kappa shape index (κ3) is 6.36. The van der Waals surface area contributed by atoms with Crippen LogP contribution in [0.3, 0.4) is 0 Å². The van der Waals surface area contributed by atoms with Crippen LogP contribution < -0.4 is 19.5 Å². The Hall–Kier alpha value is -3.83. The summed E-state index contributed by atoms with van der Waals surface area (Å²) in [4.78, 5) is 12.6. The first kappa shape index (κ1) is 24.8. The number of methoxy groups -OCH3 is 2. The Kier molecular flexibility index (Phi) is 8.66. The van der Waals surface area contributed by atoms with E-state index in [1.807, 2.05) is 6.07 Å². The molecule has 0 atom stereocenters. The molecule has 0 saturated heterocycles. The second-order valence-corrected chi connectivity index (χ2v) is 7.95. The van der Waals surface area contributed by atoms with E-state index in [0.717, 1.165) is 5.56 Å². The summed E-state index contributed by atoms with van der Waals surface area (Å²) >= 11 is 3.42. The molecule has 1 N–H and O–H groups in total. The quantitative estimate of drug-likeness (QED) is 0.299. The van der Waals surface area contributed by atoms with Crippen LogP contribution in [-0.2, 0) is 17.9 Å². The van der Waals surface area contributed by atoms with Crippen molar-refractivity contribution in [2.45, 2.75) is 13.2 Å². The van der Waals surface area contributed by atoms with Gasteiger partial charge in [-0.1, -0.05) is 24.3 Å². The predicted octanol–water partition coefficient (Wildman–Crippen LogP) is 5.41. The molecule has 3 aromatic carbocycles. The molecule has 0 heterocycles. The van der Waals surface area contributed by atoms with Crippen LogP contribution in [0.2, 0.25) is 0 Å². The van der Waals surface area contributed by atoms with Crippen molar-refractivity contribution in [2.24, 2.45) is 0 Å². The van der Waals surface area contributed by atoms with E-state index in [2.05, 4.69) is 21.2 Å². The van der Waals surface area contributed by atoms with E-state index in [1.165, 1.54) is 19.3 Å². The highest BCUT2D eigenvalue weighted by atomic mass is 79.9. The largest absolute Gasteiger partial charge is 0.497 e. The van der Waals surface area contributed by atoms with E-state index in [0.29, 0.717) is 32.8 Å². The number of carbonyl (C=O) groups is 1. The smallest absolute Gasteiger partial charge is 0.262 e. The summed E-state index contributed by atoms with van der Waals surface area (Å²) in [5.41, 5.74) is 1.75. The van der Waals surface area contributed by atoms with E-state index in [9.17, 15) is 14.4 Å². The number of amides is 1. The van der Waals surface area contributed by atoms with Crippen molar-refractivity contribution in [1.82, 2.24) is 5.32 Å². The minimum atomic E-state index is -0.517. The van der Waals surface area contributed by atoms with Gasteiger partial charge in [-0.3, -0.25) is 4.79 Å². The molecule has 0 unspecified atom stereocenters. The molecular formula is C26H22BrFN2O4.